The zero-order chi connectivity index (χ0) is 18.1. The second-order valence-electron chi connectivity index (χ2n) is 6.68. The number of aryl methyl sites for hydroxylation is 1. The van der Waals surface area contributed by atoms with Gasteiger partial charge in [0, 0.05) is 18.7 Å². The first-order valence-corrected chi connectivity index (χ1v) is 9.60. The lowest BCUT2D eigenvalue weighted by atomic mass is 10.1. The van der Waals surface area contributed by atoms with E-state index in [0.29, 0.717) is 28.0 Å². The number of aromatic nitrogens is 3. The molecule has 2 aromatic heterocycles. The average Bonchev–Trinajstić information content (AvgIpc) is 3.06. The van der Waals surface area contributed by atoms with Crippen LogP contribution in [-0.2, 0) is 6.54 Å². The maximum Gasteiger partial charge on any atom is 0.264 e. The maximum atomic E-state index is 12.7. The molecule has 26 heavy (non-hydrogen) atoms. The van der Waals surface area contributed by atoms with E-state index in [0.717, 1.165) is 31.5 Å². The van der Waals surface area contributed by atoms with Crippen molar-refractivity contribution in [1.82, 2.24) is 18.8 Å². The third kappa shape index (κ3) is 3.14. The maximum absolute atomic E-state index is 12.7. The lowest BCUT2D eigenvalue weighted by Gasteiger charge is -2.26. The smallest absolute Gasteiger partial charge is 0.264 e. The Labute approximate surface area is 155 Å². The van der Waals surface area contributed by atoms with Crippen LogP contribution in [0.5, 0.6) is 0 Å². The number of rotatable bonds is 3. The largest absolute Gasteiger partial charge is 0.339 e. The number of hydrogen-bond acceptors (Lipinski definition) is 5. The summed E-state index contributed by atoms with van der Waals surface area (Å²) in [6, 6.07) is 7.53. The second kappa shape index (κ2) is 6.99. The molecule has 0 unspecified atom stereocenters. The topological polar surface area (TPSA) is 68.1 Å². The molecular weight excluding hydrogens is 348 g/mol. The fourth-order valence-electron chi connectivity index (χ4n) is 3.40. The number of likely N-dealkylation sites (tertiary alicyclic amines) is 1. The summed E-state index contributed by atoms with van der Waals surface area (Å²) < 4.78 is 5.79. The van der Waals surface area contributed by atoms with Crippen LogP contribution in [0.4, 0.5) is 0 Å². The van der Waals surface area contributed by atoms with Gasteiger partial charge in [0.15, 0.2) is 4.83 Å². The van der Waals surface area contributed by atoms with Crippen molar-refractivity contribution in [1.29, 1.82) is 0 Å². The summed E-state index contributed by atoms with van der Waals surface area (Å²) in [6.45, 7) is 3.86. The Balaban J connectivity index is 1.61. The predicted octanol–water partition coefficient (Wildman–Crippen LogP) is 2.84. The molecule has 0 spiro atoms. The first kappa shape index (κ1) is 16.9. The van der Waals surface area contributed by atoms with Gasteiger partial charge >= 0.3 is 0 Å². The van der Waals surface area contributed by atoms with Gasteiger partial charge in [-0.2, -0.15) is 4.37 Å². The fourth-order valence-corrected chi connectivity index (χ4v) is 4.14. The number of hydrogen-bond donors (Lipinski definition) is 0. The van der Waals surface area contributed by atoms with E-state index < -0.39 is 0 Å². The molecule has 0 atom stereocenters. The lowest BCUT2D eigenvalue weighted by molar-refractivity contribution is 0.0724. The summed E-state index contributed by atoms with van der Waals surface area (Å²) in [4.78, 5) is 32.3. The molecule has 4 rings (SSSR count). The minimum absolute atomic E-state index is 0.0744. The normalized spacial score (nSPS) is 14.7. The third-order valence-corrected chi connectivity index (χ3v) is 5.65. The van der Waals surface area contributed by atoms with Crippen LogP contribution in [-0.4, -0.2) is 37.8 Å². The van der Waals surface area contributed by atoms with E-state index in [2.05, 4.69) is 9.36 Å². The van der Waals surface area contributed by atoms with E-state index in [1.54, 1.807) is 10.9 Å². The van der Waals surface area contributed by atoms with E-state index >= 15 is 0 Å². The summed E-state index contributed by atoms with van der Waals surface area (Å²) in [5.74, 6) is 0.0744. The third-order valence-electron chi connectivity index (χ3n) is 4.80. The Morgan fingerprint density at radius 2 is 2.04 bits per heavy atom. The molecular formula is C19H20N4O2S. The highest BCUT2D eigenvalue weighted by molar-refractivity contribution is 7.12. The second-order valence-corrected chi connectivity index (χ2v) is 7.43. The first-order valence-electron chi connectivity index (χ1n) is 8.83. The van der Waals surface area contributed by atoms with Crippen LogP contribution in [0.2, 0.25) is 0 Å². The molecule has 1 aromatic carbocycles. The van der Waals surface area contributed by atoms with E-state index in [9.17, 15) is 9.59 Å². The Hall–Kier alpha value is -2.54. The van der Waals surface area contributed by atoms with Crippen molar-refractivity contribution in [2.75, 3.05) is 13.1 Å². The van der Waals surface area contributed by atoms with Gasteiger partial charge in [-0.05, 0) is 55.4 Å². The molecule has 0 saturated carbocycles. The van der Waals surface area contributed by atoms with Crippen molar-refractivity contribution in [3.8, 4) is 0 Å². The average molecular weight is 368 g/mol. The molecule has 3 aromatic rings. The van der Waals surface area contributed by atoms with Gasteiger partial charge in [-0.25, -0.2) is 4.98 Å². The van der Waals surface area contributed by atoms with Crippen molar-refractivity contribution >= 4 is 27.7 Å². The quantitative estimate of drug-likeness (QED) is 0.713. The molecule has 7 heteroatoms. The van der Waals surface area contributed by atoms with Crippen LogP contribution in [0.3, 0.4) is 0 Å². The number of amides is 1. The molecule has 6 nitrogen and oxygen atoms in total. The summed E-state index contributed by atoms with van der Waals surface area (Å²) in [7, 11) is 0. The van der Waals surface area contributed by atoms with Crippen molar-refractivity contribution in [2.45, 2.75) is 32.7 Å². The molecule has 1 fully saturated rings. The zero-order valence-corrected chi connectivity index (χ0v) is 15.5. The Morgan fingerprint density at radius 3 is 2.85 bits per heavy atom. The molecule has 1 aliphatic heterocycles. The van der Waals surface area contributed by atoms with E-state index in [1.165, 1.54) is 18.0 Å². The molecule has 1 saturated heterocycles. The van der Waals surface area contributed by atoms with E-state index in [4.69, 9.17) is 0 Å². The van der Waals surface area contributed by atoms with Gasteiger partial charge in [0.1, 0.15) is 0 Å². The van der Waals surface area contributed by atoms with Gasteiger partial charge in [0.2, 0.25) is 0 Å². The highest BCUT2D eigenvalue weighted by atomic mass is 32.1. The first-order chi connectivity index (χ1) is 12.6. The summed E-state index contributed by atoms with van der Waals surface area (Å²) in [6.07, 6.45) is 4.89. The van der Waals surface area contributed by atoms with Gasteiger partial charge in [-0.15, -0.1) is 0 Å². The number of piperidine rings is 1. The van der Waals surface area contributed by atoms with Crippen molar-refractivity contribution in [3.05, 3.63) is 57.8 Å². The predicted molar refractivity (Wildman–Crippen MR) is 102 cm³/mol. The van der Waals surface area contributed by atoms with Crippen LogP contribution in [0.25, 0.3) is 10.2 Å². The van der Waals surface area contributed by atoms with Gasteiger partial charge in [0.25, 0.3) is 11.5 Å². The number of nitrogens with zero attached hydrogens (tertiary/aromatic N) is 4. The van der Waals surface area contributed by atoms with Crippen molar-refractivity contribution in [2.24, 2.45) is 0 Å². The summed E-state index contributed by atoms with van der Waals surface area (Å²) in [5, 5.41) is 0.582. The molecule has 0 N–H and O–H groups in total. The Morgan fingerprint density at radius 1 is 1.23 bits per heavy atom. The zero-order valence-electron chi connectivity index (χ0n) is 14.6. The van der Waals surface area contributed by atoms with Gasteiger partial charge in [0.05, 0.1) is 24.0 Å². The number of carbonyl (C=O) groups excluding carboxylic acids is 1. The molecule has 1 amide bonds. The highest BCUT2D eigenvalue weighted by Gasteiger charge is 2.18. The lowest BCUT2D eigenvalue weighted by Crippen LogP contribution is -2.35. The summed E-state index contributed by atoms with van der Waals surface area (Å²) in [5.41, 5.74) is 2.22. The number of benzene rings is 1. The number of fused-ring (bicyclic) bond motifs is 1. The molecule has 0 bridgehead atoms. The fraction of sp³-hybridized carbons (Fsp3) is 0.368. The Kier molecular flexibility index (Phi) is 4.55. The molecule has 134 valence electrons. The van der Waals surface area contributed by atoms with Crippen LogP contribution >= 0.6 is 11.5 Å². The standard InChI is InChI=1S/C19H20N4O2S/c1-13-16-17(26-21-13)20-12-23(19(16)25)11-14-6-5-7-15(10-14)18(24)22-8-3-2-4-9-22/h5-7,10,12H,2-4,8-9,11H2,1H3. The Bertz CT molecular complexity index is 1020. The number of carbonyl (C=O) groups is 1. The van der Waals surface area contributed by atoms with Crippen LogP contribution in [0.15, 0.2) is 35.4 Å². The minimum atomic E-state index is -0.0889. The van der Waals surface area contributed by atoms with Crippen LogP contribution < -0.4 is 5.56 Å². The monoisotopic (exact) mass is 368 g/mol. The molecule has 0 radical (unpaired) electrons. The SMILES string of the molecule is Cc1nsc2ncn(Cc3cccc(C(=O)N4CCCCC4)c3)c(=O)c12. The highest BCUT2D eigenvalue weighted by Crippen LogP contribution is 2.17. The minimum Gasteiger partial charge on any atom is -0.339 e. The van der Waals surface area contributed by atoms with Gasteiger partial charge < -0.3 is 4.90 Å². The van der Waals surface area contributed by atoms with E-state index in [1.807, 2.05) is 36.1 Å². The van der Waals surface area contributed by atoms with Gasteiger partial charge in [-0.3, -0.25) is 14.2 Å². The van der Waals surface area contributed by atoms with Crippen LogP contribution in [0.1, 0.15) is 40.9 Å². The van der Waals surface area contributed by atoms with E-state index in [-0.39, 0.29) is 11.5 Å². The van der Waals surface area contributed by atoms with Crippen molar-refractivity contribution in [3.63, 3.8) is 0 Å². The van der Waals surface area contributed by atoms with Gasteiger partial charge in [-0.1, -0.05) is 12.1 Å². The van der Waals surface area contributed by atoms with Crippen molar-refractivity contribution < 1.29 is 4.79 Å². The molecule has 1 aliphatic rings. The van der Waals surface area contributed by atoms with Crippen LogP contribution in [0, 0.1) is 6.92 Å². The molecule has 3 heterocycles. The molecule has 0 aliphatic carbocycles. The summed E-state index contributed by atoms with van der Waals surface area (Å²) >= 11 is 1.24.